The lowest BCUT2D eigenvalue weighted by Crippen LogP contribution is -2.32. The van der Waals surface area contributed by atoms with E-state index in [9.17, 15) is 4.79 Å². The minimum atomic E-state index is -0.100. The lowest BCUT2D eigenvalue weighted by molar-refractivity contribution is 0.0716. The van der Waals surface area contributed by atoms with Gasteiger partial charge in [0.25, 0.3) is 5.91 Å². The van der Waals surface area contributed by atoms with Crippen molar-refractivity contribution in [1.29, 1.82) is 0 Å². The van der Waals surface area contributed by atoms with Crippen molar-refractivity contribution in [2.45, 2.75) is 18.2 Å². The largest absolute Gasteiger partial charge is 0.368 e. The molecule has 2 heterocycles. The van der Waals surface area contributed by atoms with Gasteiger partial charge in [-0.2, -0.15) is 0 Å². The number of carbonyl (C=O) groups excluding carboxylic acids is 1. The van der Waals surface area contributed by atoms with Crippen molar-refractivity contribution >= 4 is 23.5 Å². The maximum Gasteiger partial charge on any atom is 0.263 e. The molecule has 180 valence electrons. The molecular weight excluding hydrogens is 446 g/mol. The second kappa shape index (κ2) is 12.5. The molecule has 1 atom stereocenters. The third-order valence-corrected chi connectivity index (χ3v) is 6.15. The Hall–Kier alpha value is -2.94. The standard InChI is InChI=1S/C26H33N5O2S/c1-6-10-20(18-33-23(17-27-3)21-11-8-7-9-12-21)15-19(2)31-14-13-30(4)24-22(25(31)32)16-28-26(29-24)34-5/h6-12,15-16,23,27H,1,13-14,17-18H2,2-5H3/b19-15+,20-10+. The SMILES string of the molecule is C=C/C=C(\C=C(/C)N1CCN(C)c2nc(SC)ncc2C1=O)COC(CNC)c1ccccc1. The third-order valence-electron chi connectivity index (χ3n) is 5.59. The van der Waals surface area contributed by atoms with E-state index in [1.807, 2.05) is 62.5 Å². The van der Waals surface area contributed by atoms with E-state index in [0.29, 0.717) is 42.8 Å². The van der Waals surface area contributed by atoms with Crippen molar-refractivity contribution in [2.75, 3.05) is 51.5 Å². The van der Waals surface area contributed by atoms with E-state index >= 15 is 0 Å². The van der Waals surface area contributed by atoms with Crippen molar-refractivity contribution in [3.8, 4) is 0 Å². The van der Waals surface area contributed by atoms with Gasteiger partial charge in [0.1, 0.15) is 11.4 Å². The Morgan fingerprint density at radius 3 is 2.76 bits per heavy atom. The second-order valence-corrected chi connectivity index (χ2v) is 8.78. The molecule has 0 bridgehead atoms. The van der Waals surface area contributed by atoms with Crippen LogP contribution in [0.2, 0.25) is 0 Å². The summed E-state index contributed by atoms with van der Waals surface area (Å²) in [5.41, 5.74) is 3.39. The molecule has 34 heavy (non-hydrogen) atoms. The number of thioether (sulfide) groups is 1. The van der Waals surface area contributed by atoms with E-state index in [0.717, 1.165) is 16.8 Å². The van der Waals surface area contributed by atoms with Crippen molar-refractivity contribution in [2.24, 2.45) is 0 Å². The first-order chi connectivity index (χ1) is 16.5. The topological polar surface area (TPSA) is 70.6 Å². The summed E-state index contributed by atoms with van der Waals surface area (Å²) in [6.07, 6.45) is 9.11. The number of nitrogens with zero attached hydrogens (tertiary/aromatic N) is 4. The van der Waals surface area contributed by atoms with Crippen LogP contribution in [0.1, 0.15) is 28.9 Å². The summed E-state index contributed by atoms with van der Waals surface area (Å²) in [6, 6.07) is 10.1. The summed E-state index contributed by atoms with van der Waals surface area (Å²) in [7, 11) is 3.86. The van der Waals surface area contributed by atoms with Crippen LogP contribution in [0.25, 0.3) is 0 Å². The molecule has 3 rings (SSSR count). The Morgan fingerprint density at radius 1 is 1.32 bits per heavy atom. The first kappa shape index (κ1) is 25.7. The average molecular weight is 480 g/mol. The summed E-state index contributed by atoms with van der Waals surface area (Å²) in [6.45, 7) is 8.10. The van der Waals surface area contributed by atoms with Crippen molar-refractivity contribution in [3.05, 3.63) is 83.7 Å². The summed E-state index contributed by atoms with van der Waals surface area (Å²) < 4.78 is 6.26. The quantitative estimate of drug-likeness (QED) is 0.313. The molecule has 1 amide bonds. The van der Waals surface area contributed by atoms with Gasteiger partial charge >= 0.3 is 0 Å². The summed E-state index contributed by atoms with van der Waals surface area (Å²) in [5, 5.41) is 3.85. The number of benzene rings is 1. The molecule has 0 radical (unpaired) electrons. The number of allylic oxidation sites excluding steroid dienone is 3. The molecule has 1 unspecified atom stereocenters. The van der Waals surface area contributed by atoms with Gasteiger partial charge in [-0.25, -0.2) is 9.97 Å². The van der Waals surface area contributed by atoms with Gasteiger partial charge < -0.3 is 19.9 Å². The number of fused-ring (bicyclic) bond motifs is 1. The zero-order valence-electron chi connectivity index (χ0n) is 20.3. The molecule has 1 aromatic heterocycles. The number of anilines is 1. The van der Waals surface area contributed by atoms with Gasteiger partial charge in [0.05, 0.1) is 12.7 Å². The van der Waals surface area contributed by atoms with Crippen LogP contribution >= 0.6 is 11.8 Å². The number of nitrogens with one attached hydrogen (secondary N) is 1. The van der Waals surface area contributed by atoms with Crippen LogP contribution in [0.15, 0.2) is 77.8 Å². The number of likely N-dealkylation sites (N-methyl/N-ethyl adjacent to an activating group) is 2. The highest BCUT2D eigenvalue weighted by molar-refractivity contribution is 7.98. The van der Waals surface area contributed by atoms with E-state index in [-0.39, 0.29) is 12.0 Å². The predicted molar refractivity (Wildman–Crippen MR) is 139 cm³/mol. The Morgan fingerprint density at radius 2 is 2.09 bits per heavy atom. The van der Waals surface area contributed by atoms with Crippen LogP contribution in [0, 0.1) is 0 Å². The highest BCUT2D eigenvalue weighted by Gasteiger charge is 2.28. The fraction of sp³-hybridized carbons (Fsp3) is 0.346. The van der Waals surface area contributed by atoms with Gasteiger partial charge in [-0.05, 0) is 37.4 Å². The van der Waals surface area contributed by atoms with Crippen molar-refractivity contribution in [1.82, 2.24) is 20.2 Å². The fourth-order valence-electron chi connectivity index (χ4n) is 3.80. The second-order valence-electron chi connectivity index (χ2n) is 8.00. The lowest BCUT2D eigenvalue weighted by Gasteiger charge is -2.23. The van der Waals surface area contributed by atoms with E-state index in [1.165, 1.54) is 11.8 Å². The molecule has 0 spiro atoms. The predicted octanol–water partition coefficient (Wildman–Crippen LogP) is 4.08. The molecule has 2 aromatic rings. The zero-order chi connectivity index (χ0) is 24.5. The molecule has 0 aliphatic carbocycles. The number of ether oxygens (including phenoxy) is 1. The number of hydrogen-bond acceptors (Lipinski definition) is 7. The molecule has 0 saturated carbocycles. The van der Waals surface area contributed by atoms with Crippen molar-refractivity contribution < 1.29 is 9.53 Å². The molecule has 7 nitrogen and oxygen atoms in total. The fourth-order valence-corrected chi connectivity index (χ4v) is 4.13. The van der Waals surface area contributed by atoms with Gasteiger partial charge in [-0.15, -0.1) is 0 Å². The molecule has 0 saturated heterocycles. The first-order valence-corrected chi connectivity index (χ1v) is 12.5. The summed E-state index contributed by atoms with van der Waals surface area (Å²) >= 11 is 1.46. The number of rotatable bonds is 10. The Balaban J connectivity index is 1.80. The van der Waals surface area contributed by atoms with Gasteiger partial charge in [0, 0.05) is 38.6 Å². The zero-order valence-corrected chi connectivity index (χ0v) is 21.1. The van der Waals surface area contributed by atoms with E-state index < -0.39 is 0 Å². The minimum Gasteiger partial charge on any atom is -0.368 e. The van der Waals surface area contributed by atoms with E-state index in [4.69, 9.17) is 4.74 Å². The van der Waals surface area contributed by atoms with E-state index in [2.05, 4.69) is 34.0 Å². The molecule has 1 aromatic carbocycles. The van der Waals surface area contributed by atoms with Crippen LogP contribution < -0.4 is 10.2 Å². The molecule has 0 fully saturated rings. The molecule has 1 N–H and O–H groups in total. The van der Waals surface area contributed by atoms with E-state index in [1.54, 1.807) is 17.2 Å². The normalized spacial score (nSPS) is 15.7. The van der Waals surface area contributed by atoms with Gasteiger partial charge in [-0.3, -0.25) is 4.79 Å². The van der Waals surface area contributed by atoms with Gasteiger partial charge in [-0.1, -0.05) is 60.8 Å². The average Bonchev–Trinajstić information content (AvgIpc) is 2.98. The van der Waals surface area contributed by atoms with Gasteiger partial charge in [0.15, 0.2) is 5.16 Å². The number of amides is 1. The van der Waals surface area contributed by atoms with Crippen LogP contribution in [0.3, 0.4) is 0 Å². The molecular formula is C26H33N5O2S. The number of aromatic nitrogens is 2. The molecule has 8 heteroatoms. The Labute approximate surface area is 206 Å². The highest BCUT2D eigenvalue weighted by atomic mass is 32.2. The number of hydrogen-bond donors (Lipinski definition) is 1. The first-order valence-electron chi connectivity index (χ1n) is 11.2. The van der Waals surface area contributed by atoms with Gasteiger partial charge in [0.2, 0.25) is 0 Å². The minimum absolute atomic E-state index is 0.0868. The Bertz CT molecular complexity index is 1050. The Kier molecular flexibility index (Phi) is 9.44. The molecule has 1 aliphatic rings. The molecule has 1 aliphatic heterocycles. The van der Waals surface area contributed by atoms with Crippen LogP contribution in [-0.2, 0) is 4.74 Å². The summed E-state index contributed by atoms with van der Waals surface area (Å²) in [5.74, 6) is 0.569. The van der Waals surface area contributed by atoms with Crippen LogP contribution in [0.4, 0.5) is 5.82 Å². The third kappa shape index (κ3) is 6.34. The smallest absolute Gasteiger partial charge is 0.263 e. The maximum atomic E-state index is 13.4. The van der Waals surface area contributed by atoms with Crippen LogP contribution in [0.5, 0.6) is 0 Å². The monoisotopic (exact) mass is 479 g/mol. The van der Waals surface area contributed by atoms with Crippen molar-refractivity contribution in [3.63, 3.8) is 0 Å². The number of carbonyl (C=O) groups is 1. The van der Waals surface area contributed by atoms with Crippen LogP contribution in [-0.4, -0.2) is 67.4 Å². The highest BCUT2D eigenvalue weighted by Crippen LogP contribution is 2.26. The maximum absolute atomic E-state index is 13.4. The summed E-state index contributed by atoms with van der Waals surface area (Å²) in [4.78, 5) is 26.1. The lowest BCUT2D eigenvalue weighted by atomic mass is 10.1.